The topological polar surface area (TPSA) is 249 Å². The fraction of sp³-hybridized carbons (Fsp3) is 0.423. The van der Waals surface area contributed by atoms with E-state index in [1.807, 2.05) is 0 Å². The van der Waals surface area contributed by atoms with Gasteiger partial charge in [0.05, 0.1) is 13.2 Å². The summed E-state index contributed by atoms with van der Waals surface area (Å²) in [6.07, 6.45) is -14.1. The van der Waals surface area contributed by atoms with Crippen LogP contribution in [-0.2, 0) is 14.2 Å². The van der Waals surface area contributed by atoms with Crippen molar-refractivity contribution in [3.05, 3.63) is 46.6 Å². The Kier molecular flexibility index (Phi) is 8.06. The van der Waals surface area contributed by atoms with E-state index < -0.39 is 78.8 Å². The van der Waals surface area contributed by atoms with Gasteiger partial charge < -0.3 is 69.3 Å². The number of phenols is 3. The summed E-state index contributed by atoms with van der Waals surface area (Å²) in [4.78, 5) is 12.7. The van der Waals surface area contributed by atoms with Crippen LogP contribution in [0.3, 0.4) is 0 Å². The minimum absolute atomic E-state index is 0.0104. The number of rotatable bonds is 6. The van der Waals surface area contributed by atoms with Crippen LogP contribution < -0.4 is 10.2 Å². The lowest BCUT2D eigenvalue weighted by atomic mass is 9.99. The van der Waals surface area contributed by atoms with Crippen LogP contribution in [0.25, 0.3) is 22.3 Å². The number of fused-ring (bicyclic) bond motifs is 1. The number of aliphatic hydroxyl groups is 6. The van der Waals surface area contributed by atoms with Gasteiger partial charge in [0.2, 0.25) is 6.29 Å². The second kappa shape index (κ2) is 11.4. The zero-order valence-electron chi connectivity index (χ0n) is 21.0. The van der Waals surface area contributed by atoms with Crippen LogP contribution in [0.5, 0.6) is 23.0 Å². The van der Waals surface area contributed by atoms with Gasteiger partial charge in [0.25, 0.3) is 0 Å². The minimum atomic E-state index is -1.79. The molecule has 5 rings (SSSR count). The van der Waals surface area contributed by atoms with Crippen molar-refractivity contribution in [2.75, 3.05) is 13.2 Å². The van der Waals surface area contributed by atoms with E-state index in [9.17, 15) is 50.8 Å². The summed E-state index contributed by atoms with van der Waals surface area (Å²) in [6, 6.07) is 7.08. The van der Waals surface area contributed by atoms with E-state index >= 15 is 0 Å². The summed E-state index contributed by atoms with van der Waals surface area (Å²) in [5.74, 6) is -1.55. The Labute approximate surface area is 230 Å². The molecule has 2 aromatic carbocycles. The molecule has 15 heteroatoms. The quantitative estimate of drug-likeness (QED) is 0.146. The van der Waals surface area contributed by atoms with Crippen molar-refractivity contribution in [3.8, 4) is 34.3 Å². The van der Waals surface area contributed by atoms with Crippen molar-refractivity contribution < 1.29 is 69.3 Å². The third-order valence-corrected chi connectivity index (χ3v) is 6.84. The van der Waals surface area contributed by atoms with E-state index in [0.29, 0.717) is 0 Å². The Morgan fingerprint density at radius 1 is 0.780 bits per heavy atom. The van der Waals surface area contributed by atoms with Crippen LogP contribution >= 0.6 is 0 Å². The Morgan fingerprint density at radius 3 is 2.24 bits per heavy atom. The van der Waals surface area contributed by atoms with Crippen LogP contribution in [0.2, 0.25) is 0 Å². The maximum absolute atomic E-state index is 12.7. The molecule has 3 heterocycles. The minimum Gasteiger partial charge on any atom is -0.507 e. The van der Waals surface area contributed by atoms with E-state index in [1.54, 1.807) is 0 Å². The Morgan fingerprint density at radius 2 is 1.51 bits per heavy atom. The molecule has 41 heavy (non-hydrogen) atoms. The largest absolute Gasteiger partial charge is 0.507 e. The summed E-state index contributed by atoms with van der Waals surface area (Å²) in [7, 11) is 0. The van der Waals surface area contributed by atoms with Gasteiger partial charge in [-0.3, -0.25) is 4.79 Å². The Bertz CT molecular complexity index is 1460. The molecule has 0 spiro atoms. The standard InChI is InChI=1S/C26H28O15/c27-11-2-1-9(3-12(11)28)16-6-14(30)19-13(29)4-10(5-17(19)40-16)39-26-24(36)22(34)21(33)18(41-26)8-38-25-23(35)20(32)15(31)7-37-25/h1-6,15,18,20-29,31-36H,7-8H2/t15-,18-,20-,21-,22+,23-,24-,25-,26-/m1/s1. The van der Waals surface area contributed by atoms with E-state index in [4.69, 9.17) is 23.4 Å². The van der Waals surface area contributed by atoms with Crippen LogP contribution in [0.15, 0.2) is 45.6 Å². The predicted molar refractivity (Wildman–Crippen MR) is 134 cm³/mol. The van der Waals surface area contributed by atoms with Gasteiger partial charge in [-0.1, -0.05) is 0 Å². The van der Waals surface area contributed by atoms with Crippen molar-refractivity contribution in [1.29, 1.82) is 0 Å². The first-order valence-electron chi connectivity index (χ1n) is 12.4. The van der Waals surface area contributed by atoms with E-state index in [-0.39, 0.29) is 40.4 Å². The normalized spacial score (nSPS) is 32.2. The molecule has 0 radical (unpaired) electrons. The lowest BCUT2D eigenvalue weighted by molar-refractivity contribution is -0.307. The van der Waals surface area contributed by atoms with Gasteiger partial charge in [-0.25, -0.2) is 0 Å². The van der Waals surface area contributed by atoms with Gasteiger partial charge in [0.15, 0.2) is 23.2 Å². The van der Waals surface area contributed by atoms with Crippen molar-refractivity contribution >= 4 is 11.0 Å². The molecular weight excluding hydrogens is 552 g/mol. The Hall–Kier alpha value is -3.51. The van der Waals surface area contributed by atoms with Gasteiger partial charge in [0, 0.05) is 23.8 Å². The smallest absolute Gasteiger partial charge is 0.229 e. The predicted octanol–water partition coefficient (Wildman–Crippen LogP) is -1.78. The first kappa shape index (κ1) is 29.0. The summed E-state index contributed by atoms with van der Waals surface area (Å²) >= 11 is 0. The van der Waals surface area contributed by atoms with Crippen molar-refractivity contribution in [3.63, 3.8) is 0 Å². The molecule has 1 aromatic heterocycles. The highest BCUT2D eigenvalue weighted by Crippen LogP contribution is 2.35. The van der Waals surface area contributed by atoms with Crippen LogP contribution in [0.1, 0.15) is 0 Å². The number of ether oxygens (including phenoxy) is 4. The first-order valence-corrected chi connectivity index (χ1v) is 12.4. The SMILES string of the molecule is O=c1cc(-c2ccc(O)c(O)c2)oc2cc(O[C@@H]3O[C@H](CO[C@H]4OC[C@@H](O)[C@@H](O)[C@H]4O)[C@@H](O)[C@H](O)[C@H]3O)cc(O)c12. The number of aromatic hydroxyl groups is 3. The molecule has 2 aliphatic heterocycles. The molecule has 0 bridgehead atoms. The number of hydrogen-bond donors (Lipinski definition) is 9. The van der Waals surface area contributed by atoms with Crippen LogP contribution in [-0.4, -0.2) is 114 Å². The monoisotopic (exact) mass is 580 g/mol. The molecule has 0 unspecified atom stereocenters. The molecule has 2 saturated heterocycles. The third-order valence-electron chi connectivity index (χ3n) is 6.84. The van der Waals surface area contributed by atoms with Gasteiger partial charge in [-0.05, 0) is 18.2 Å². The zero-order chi connectivity index (χ0) is 29.6. The summed E-state index contributed by atoms with van der Waals surface area (Å²) in [6.45, 7) is -0.836. The third kappa shape index (κ3) is 5.67. The molecule has 0 saturated carbocycles. The van der Waals surface area contributed by atoms with E-state index in [1.165, 1.54) is 24.3 Å². The first-order chi connectivity index (χ1) is 19.4. The maximum Gasteiger partial charge on any atom is 0.229 e. The van der Waals surface area contributed by atoms with Gasteiger partial charge in [-0.2, -0.15) is 0 Å². The average molecular weight is 580 g/mol. The maximum atomic E-state index is 12.7. The summed E-state index contributed by atoms with van der Waals surface area (Å²) < 4.78 is 27.4. The Balaban J connectivity index is 1.36. The molecule has 15 nitrogen and oxygen atoms in total. The highest BCUT2D eigenvalue weighted by atomic mass is 16.7. The average Bonchev–Trinajstić information content (AvgIpc) is 2.93. The van der Waals surface area contributed by atoms with E-state index in [2.05, 4.69) is 0 Å². The number of hydrogen-bond acceptors (Lipinski definition) is 15. The fourth-order valence-electron chi connectivity index (χ4n) is 4.53. The highest BCUT2D eigenvalue weighted by molar-refractivity contribution is 5.86. The number of phenolic OH excluding ortho intramolecular Hbond substituents is 3. The lowest BCUT2D eigenvalue weighted by Gasteiger charge is -2.41. The molecule has 0 aliphatic carbocycles. The number of aliphatic hydroxyl groups excluding tert-OH is 6. The lowest BCUT2D eigenvalue weighted by Crippen LogP contribution is -2.61. The highest BCUT2D eigenvalue weighted by Gasteiger charge is 2.46. The van der Waals surface area contributed by atoms with Crippen molar-refractivity contribution in [2.45, 2.75) is 55.3 Å². The van der Waals surface area contributed by atoms with Gasteiger partial charge in [0.1, 0.15) is 71.0 Å². The molecule has 2 aliphatic rings. The molecular formula is C26H28O15. The molecule has 0 amide bonds. The zero-order valence-corrected chi connectivity index (χ0v) is 21.0. The molecule has 2 fully saturated rings. The molecule has 9 atom stereocenters. The second-order valence-corrected chi connectivity index (χ2v) is 9.71. The second-order valence-electron chi connectivity index (χ2n) is 9.71. The van der Waals surface area contributed by atoms with E-state index in [0.717, 1.165) is 12.1 Å². The van der Waals surface area contributed by atoms with Crippen molar-refractivity contribution in [1.82, 2.24) is 0 Å². The van der Waals surface area contributed by atoms with Crippen LogP contribution in [0, 0.1) is 0 Å². The van der Waals surface area contributed by atoms with Gasteiger partial charge >= 0.3 is 0 Å². The van der Waals surface area contributed by atoms with Crippen LogP contribution in [0.4, 0.5) is 0 Å². The molecule has 9 N–H and O–H groups in total. The van der Waals surface area contributed by atoms with Gasteiger partial charge in [-0.15, -0.1) is 0 Å². The van der Waals surface area contributed by atoms with Crippen molar-refractivity contribution in [2.24, 2.45) is 0 Å². The molecule has 222 valence electrons. The molecule has 3 aromatic rings. The summed E-state index contributed by atoms with van der Waals surface area (Å²) in [5.41, 5.74) is -0.539. The summed E-state index contributed by atoms with van der Waals surface area (Å²) in [5, 5.41) is 90.3. The fourth-order valence-corrected chi connectivity index (χ4v) is 4.53. The number of benzene rings is 2.